The molecule has 0 radical (unpaired) electrons. The van der Waals surface area contributed by atoms with Crippen LogP contribution in [0, 0.1) is 0 Å². The molecule has 9 nitrogen and oxygen atoms in total. The molecule has 2 atom stereocenters. The second-order valence-corrected chi connectivity index (χ2v) is 9.27. The minimum Gasteiger partial charge on any atom is -0.388 e. The second-order valence-electron chi connectivity index (χ2n) is 9.27. The maximum atomic E-state index is 12.8. The molecule has 0 aromatic heterocycles. The molecular formula is C24H37N5O4. The van der Waals surface area contributed by atoms with Crippen molar-refractivity contribution in [3.05, 3.63) is 35.9 Å². The van der Waals surface area contributed by atoms with Crippen LogP contribution in [0.25, 0.3) is 0 Å². The molecule has 0 bridgehead atoms. The Labute approximate surface area is 195 Å². The van der Waals surface area contributed by atoms with Crippen LogP contribution < -0.4 is 16.0 Å². The highest BCUT2D eigenvalue weighted by atomic mass is 16.3. The van der Waals surface area contributed by atoms with Gasteiger partial charge < -0.3 is 20.2 Å². The van der Waals surface area contributed by atoms with Gasteiger partial charge in [-0.05, 0) is 24.3 Å². The summed E-state index contributed by atoms with van der Waals surface area (Å²) in [4.78, 5) is 39.7. The van der Waals surface area contributed by atoms with Crippen molar-refractivity contribution < 1.29 is 19.5 Å². The van der Waals surface area contributed by atoms with E-state index in [2.05, 4.69) is 22.9 Å². The highest BCUT2D eigenvalue weighted by molar-refractivity contribution is 5.78. The van der Waals surface area contributed by atoms with Gasteiger partial charge in [0.2, 0.25) is 17.7 Å². The van der Waals surface area contributed by atoms with E-state index in [9.17, 15) is 19.5 Å². The van der Waals surface area contributed by atoms with Crippen LogP contribution in [0.1, 0.15) is 51.0 Å². The molecule has 2 heterocycles. The molecule has 2 fully saturated rings. The van der Waals surface area contributed by atoms with Crippen molar-refractivity contribution in [3.8, 4) is 0 Å². The van der Waals surface area contributed by atoms with Crippen LogP contribution in [0.4, 0.5) is 0 Å². The fourth-order valence-electron chi connectivity index (χ4n) is 4.43. The average Bonchev–Trinajstić information content (AvgIpc) is 2.79. The van der Waals surface area contributed by atoms with Crippen molar-refractivity contribution in [2.75, 3.05) is 39.4 Å². The van der Waals surface area contributed by atoms with Gasteiger partial charge >= 0.3 is 0 Å². The fraction of sp³-hybridized carbons (Fsp3) is 0.625. The summed E-state index contributed by atoms with van der Waals surface area (Å²) in [5, 5.41) is 20.3. The van der Waals surface area contributed by atoms with Gasteiger partial charge in [-0.1, -0.05) is 37.3 Å². The number of piperidine rings is 1. The highest BCUT2D eigenvalue weighted by Gasteiger charge is 2.38. The molecule has 1 unspecified atom stereocenters. The van der Waals surface area contributed by atoms with E-state index in [1.54, 1.807) is 4.90 Å². The number of nitrogens with one attached hydrogen (secondary N) is 3. The van der Waals surface area contributed by atoms with E-state index in [0.717, 1.165) is 5.56 Å². The van der Waals surface area contributed by atoms with Crippen molar-refractivity contribution in [3.63, 3.8) is 0 Å². The van der Waals surface area contributed by atoms with Crippen molar-refractivity contribution >= 4 is 17.7 Å². The zero-order chi connectivity index (χ0) is 23.8. The van der Waals surface area contributed by atoms with E-state index >= 15 is 0 Å². The predicted octanol–water partition coefficient (Wildman–Crippen LogP) is 0.365. The number of hydrogen-bond donors (Lipinski definition) is 4. The number of nitrogens with zero attached hydrogens (tertiary/aromatic N) is 2. The SMILES string of the molecule is CC(=O)NCCNC1CC(=O)N(CC2(O)CCN(C(=O)C[C@@H](C)c3ccccc3)CC2)CN1. The maximum Gasteiger partial charge on any atom is 0.226 e. The van der Waals surface area contributed by atoms with E-state index in [1.165, 1.54) is 6.92 Å². The van der Waals surface area contributed by atoms with E-state index < -0.39 is 5.60 Å². The Morgan fingerprint density at radius 1 is 1.21 bits per heavy atom. The van der Waals surface area contributed by atoms with Crippen molar-refractivity contribution in [2.24, 2.45) is 0 Å². The summed E-state index contributed by atoms with van der Waals surface area (Å²) < 4.78 is 0. The first-order valence-corrected chi connectivity index (χ1v) is 11.8. The average molecular weight is 460 g/mol. The lowest BCUT2D eigenvalue weighted by Crippen LogP contribution is -2.61. The maximum absolute atomic E-state index is 12.8. The third-order valence-corrected chi connectivity index (χ3v) is 6.53. The summed E-state index contributed by atoms with van der Waals surface area (Å²) in [5.74, 6) is 0.158. The number of aliphatic hydroxyl groups is 1. The molecule has 4 N–H and O–H groups in total. The fourth-order valence-corrected chi connectivity index (χ4v) is 4.43. The first kappa shape index (κ1) is 25.1. The van der Waals surface area contributed by atoms with Crippen LogP contribution in [0.15, 0.2) is 30.3 Å². The standard InChI is InChI=1S/C24H37N5O4/c1-18(20-6-4-3-5-7-20)14-22(31)28-12-8-24(33,9-13-28)16-29-17-27-21(15-23(29)32)26-11-10-25-19(2)30/h3-7,18,21,26-27,33H,8-17H2,1-2H3,(H,25,30)/t18-,21?/m1/s1. The lowest BCUT2D eigenvalue weighted by atomic mass is 9.89. The molecule has 3 rings (SSSR count). The zero-order valence-electron chi connectivity index (χ0n) is 19.7. The molecule has 182 valence electrons. The summed E-state index contributed by atoms with van der Waals surface area (Å²) >= 11 is 0. The van der Waals surface area contributed by atoms with Gasteiger partial charge in [0, 0.05) is 39.5 Å². The number of likely N-dealkylation sites (tertiary alicyclic amines) is 1. The number of rotatable bonds is 9. The van der Waals surface area contributed by atoms with Gasteiger partial charge in [0.1, 0.15) is 0 Å². The molecule has 1 aromatic rings. The summed E-state index contributed by atoms with van der Waals surface area (Å²) in [6.45, 7) is 6.22. The Hall–Kier alpha value is -2.49. The number of amides is 3. The molecule has 3 amide bonds. The van der Waals surface area contributed by atoms with Gasteiger partial charge in [0.15, 0.2) is 0 Å². The summed E-state index contributed by atoms with van der Waals surface area (Å²) in [5.41, 5.74) is 0.170. The predicted molar refractivity (Wildman–Crippen MR) is 125 cm³/mol. The summed E-state index contributed by atoms with van der Waals surface area (Å²) in [7, 11) is 0. The molecule has 2 aliphatic heterocycles. The zero-order valence-corrected chi connectivity index (χ0v) is 19.7. The van der Waals surface area contributed by atoms with Gasteiger partial charge in [-0.15, -0.1) is 0 Å². The monoisotopic (exact) mass is 459 g/mol. The molecule has 0 saturated carbocycles. The lowest BCUT2D eigenvalue weighted by Gasteiger charge is -2.43. The second kappa shape index (κ2) is 11.6. The highest BCUT2D eigenvalue weighted by Crippen LogP contribution is 2.26. The minimum absolute atomic E-state index is 0.0191. The van der Waals surface area contributed by atoms with E-state index in [-0.39, 0.29) is 42.8 Å². The Morgan fingerprint density at radius 3 is 2.55 bits per heavy atom. The Bertz CT molecular complexity index is 810. The quantitative estimate of drug-likeness (QED) is 0.397. The van der Waals surface area contributed by atoms with Crippen LogP contribution in [-0.4, -0.2) is 83.8 Å². The minimum atomic E-state index is -0.981. The molecule has 0 aliphatic carbocycles. The van der Waals surface area contributed by atoms with Gasteiger partial charge in [-0.3, -0.25) is 25.0 Å². The Morgan fingerprint density at radius 2 is 1.91 bits per heavy atom. The number of carbonyl (C=O) groups is 3. The smallest absolute Gasteiger partial charge is 0.226 e. The van der Waals surface area contributed by atoms with Gasteiger partial charge in [0.25, 0.3) is 0 Å². The van der Waals surface area contributed by atoms with E-state index in [0.29, 0.717) is 52.1 Å². The topological polar surface area (TPSA) is 114 Å². The number of hydrogen-bond acceptors (Lipinski definition) is 6. The van der Waals surface area contributed by atoms with Crippen LogP contribution >= 0.6 is 0 Å². The van der Waals surface area contributed by atoms with Crippen molar-refractivity contribution in [2.45, 2.75) is 57.2 Å². The van der Waals surface area contributed by atoms with Gasteiger partial charge in [0.05, 0.1) is 31.4 Å². The number of β-amino-alcohol motifs (C(OH)–C–C–N with tert-alkyl or cyclic N) is 1. The third-order valence-electron chi connectivity index (χ3n) is 6.53. The molecule has 2 aliphatic rings. The van der Waals surface area contributed by atoms with Crippen LogP contribution in [0.3, 0.4) is 0 Å². The largest absolute Gasteiger partial charge is 0.388 e. The Balaban J connectivity index is 1.40. The van der Waals surface area contributed by atoms with Gasteiger partial charge in [-0.25, -0.2) is 0 Å². The van der Waals surface area contributed by atoms with Crippen LogP contribution in [-0.2, 0) is 14.4 Å². The lowest BCUT2D eigenvalue weighted by molar-refractivity contribution is -0.144. The van der Waals surface area contributed by atoms with Crippen molar-refractivity contribution in [1.82, 2.24) is 25.8 Å². The molecular weight excluding hydrogens is 422 g/mol. The summed E-state index contributed by atoms with van der Waals surface area (Å²) in [6.07, 6.45) is 1.51. The molecule has 2 saturated heterocycles. The van der Waals surface area contributed by atoms with Gasteiger partial charge in [-0.2, -0.15) is 0 Å². The number of benzene rings is 1. The molecule has 1 aromatic carbocycles. The van der Waals surface area contributed by atoms with Crippen molar-refractivity contribution in [1.29, 1.82) is 0 Å². The Kier molecular flexibility index (Phi) is 8.82. The van der Waals surface area contributed by atoms with E-state index in [1.807, 2.05) is 35.2 Å². The van der Waals surface area contributed by atoms with E-state index in [4.69, 9.17) is 0 Å². The molecule has 33 heavy (non-hydrogen) atoms. The van der Waals surface area contributed by atoms with Crippen LogP contribution in [0.2, 0.25) is 0 Å². The first-order valence-electron chi connectivity index (χ1n) is 11.8. The molecule has 9 heteroatoms. The summed E-state index contributed by atoms with van der Waals surface area (Å²) in [6, 6.07) is 10.0. The number of carbonyl (C=O) groups excluding carboxylic acids is 3. The third kappa shape index (κ3) is 7.52. The van der Waals surface area contributed by atoms with Crippen LogP contribution in [0.5, 0.6) is 0 Å². The molecule has 0 spiro atoms. The first-order chi connectivity index (χ1) is 15.8. The normalized spacial score (nSPS) is 21.5.